The van der Waals surface area contributed by atoms with Crippen LogP contribution in [0.4, 0.5) is 17.6 Å². The van der Waals surface area contributed by atoms with E-state index in [1.165, 1.54) is 0 Å². The van der Waals surface area contributed by atoms with Gasteiger partial charge in [0.05, 0.1) is 0 Å². The van der Waals surface area contributed by atoms with Crippen molar-refractivity contribution in [2.24, 2.45) is 0 Å². The van der Waals surface area contributed by atoms with Crippen LogP contribution in [0.5, 0.6) is 0 Å². The molecule has 0 spiro atoms. The molecule has 7 nitrogen and oxygen atoms in total. The Hall–Kier alpha value is -2.05. The summed E-state index contributed by atoms with van der Waals surface area (Å²) in [6, 6.07) is 1.93. The number of nitrogens with one attached hydrogen (secondary N) is 3. The second kappa shape index (κ2) is 4.86. The summed E-state index contributed by atoms with van der Waals surface area (Å²) in [5.74, 6) is 1.64. The molecule has 0 saturated carbocycles. The normalized spacial score (nSPS) is 18.9. The minimum Gasteiger partial charge on any atom is -0.373 e. The Morgan fingerprint density at radius 3 is 2.94 bits per heavy atom. The van der Waals surface area contributed by atoms with Crippen molar-refractivity contribution in [1.29, 1.82) is 0 Å². The van der Waals surface area contributed by atoms with Crippen molar-refractivity contribution >= 4 is 23.5 Å². The molecule has 1 aliphatic heterocycles. The SMILES string of the molecule is CNc1cc(NCC2CCC(=O)N2)nc(N)n1. The smallest absolute Gasteiger partial charge is 0.223 e. The lowest BCUT2D eigenvalue weighted by Gasteiger charge is -2.12. The van der Waals surface area contributed by atoms with Gasteiger partial charge in [0.2, 0.25) is 11.9 Å². The van der Waals surface area contributed by atoms with Crippen LogP contribution in [0.25, 0.3) is 0 Å². The number of nitrogens with two attached hydrogens (primary N) is 1. The van der Waals surface area contributed by atoms with E-state index < -0.39 is 0 Å². The minimum absolute atomic E-state index is 0.106. The Labute approximate surface area is 99.2 Å². The average molecular weight is 236 g/mol. The highest BCUT2D eigenvalue weighted by Crippen LogP contribution is 2.13. The molecule has 17 heavy (non-hydrogen) atoms. The highest BCUT2D eigenvalue weighted by Gasteiger charge is 2.20. The molecule has 1 aliphatic rings. The van der Waals surface area contributed by atoms with Gasteiger partial charge in [-0.25, -0.2) is 0 Å². The maximum absolute atomic E-state index is 11.0. The first-order valence-corrected chi connectivity index (χ1v) is 5.53. The molecular formula is C10H16N6O. The molecular weight excluding hydrogens is 220 g/mol. The Morgan fingerprint density at radius 2 is 2.29 bits per heavy atom. The maximum atomic E-state index is 11.0. The number of nitrogen functional groups attached to an aromatic ring is 1. The third kappa shape index (κ3) is 2.96. The van der Waals surface area contributed by atoms with Crippen molar-refractivity contribution in [2.45, 2.75) is 18.9 Å². The molecule has 1 fully saturated rings. The van der Waals surface area contributed by atoms with E-state index in [-0.39, 0.29) is 17.9 Å². The zero-order valence-corrected chi connectivity index (χ0v) is 9.66. The van der Waals surface area contributed by atoms with Crippen LogP contribution in [0.3, 0.4) is 0 Å². The first-order valence-electron chi connectivity index (χ1n) is 5.53. The van der Waals surface area contributed by atoms with Crippen LogP contribution in [0.1, 0.15) is 12.8 Å². The Morgan fingerprint density at radius 1 is 1.53 bits per heavy atom. The molecule has 1 unspecified atom stereocenters. The molecule has 0 radical (unpaired) electrons. The molecule has 1 saturated heterocycles. The first-order chi connectivity index (χ1) is 8.17. The second-order valence-electron chi connectivity index (χ2n) is 3.93. The number of aromatic nitrogens is 2. The molecule has 5 N–H and O–H groups in total. The number of hydrogen-bond acceptors (Lipinski definition) is 6. The van der Waals surface area contributed by atoms with E-state index in [1.807, 2.05) is 0 Å². The molecule has 7 heteroatoms. The summed E-state index contributed by atoms with van der Waals surface area (Å²) in [7, 11) is 1.77. The number of hydrogen-bond donors (Lipinski definition) is 4. The molecule has 2 rings (SSSR count). The van der Waals surface area contributed by atoms with Crippen molar-refractivity contribution in [2.75, 3.05) is 30.0 Å². The van der Waals surface area contributed by atoms with Gasteiger partial charge in [0, 0.05) is 32.1 Å². The summed E-state index contributed by atoms with van der Waals surface area (Å²) in [5.41, 5.74) is 5.57. The number of amides is 1. The van der Waals surface area contributed by atoms with Crippen LogP contribution < -0.4 is 21.7 Å². The van der Waals surface area contributed by atoms with E-state index in [2.05, 4.69) is 25.9 Å². The summed E-state index contributed by atoms with van der Waals surface area (Å²) in [6.45, 7) is 0.644. The lowest BCUT2D eigenvalue weighted by Crippen LogP contribution is -2.32. The lowest BCUT2D eigenvalue weighted by atomic mass is 10.2. The van der Waals surface area contributed by atoms with E-state index in [0.717, 1.165) is 6.42 Å². The van der Waals surface area contributed by atoms with Crippen LogP contribution in [0.15, 0.2) is 6.07 Å². The van der Waals surface area contributed by atoms with E-state index in [9.17, 15) is 4.79 Å². The van der Waals surface area contributed by atoms with Crippen molar-refractivity contribution < 1.29 is 4.79 Å². The second-order valence-corrected chi connectivity index (χ2v) is 3.93. The van der Waals surface area contributed by atoms with E-state index in [0.29, 0.717) is 24.6 Å². The van der Waals surface area contributed by atoms with Crippen LogP contribution in [-0.4, -0.2) is 35.5 Å². The number of carbonyl (C=O) groups is 1. The first kappa shape index (κ1) is 11.4. The van der Waals surface area contributed by atoms with Crippen LogP contribution in [0.2, 0.25) is 0 Å². The molecule has 0 aromatic carbocycles. The van der Waals surface area contributed by atoms with Gasteiger partial charge in [0.25, 0.3) is 0 Å². The average Bonchev–Trinajstić information content (AvgIpc) is 2.72. The molecule has 1 aromatic rings. The van der Waals surface area contributed by atoms with Gasteiger partial charge in [-0.15, -0.1) is 0 Å². The topological polar surface area (TPSA) is 105 Å². The van der Waals surface area contributed by atoms with Gasteiger partial charge in [-0.1, -0.05) is 0 Å². The van der Waals surface area contributed by atoms with Crippen molar-refractivity contribution in [3.05, 3.63) is 6.07 Å². The molecule has 1 amide bonds. The Kier molecular flexibility index (Phi) is 3.27. The number of rotatable bonds is 4. The zero-order valence-electron chi connectivity index (χ0n) is 9.66. The summed E-state index contributed by atoms with van der Waals surface area (Å²) in [6.07, 6.45) is 1.45. The quantitative estimate of drug-likeness (QED) is 0.576. The zero-order chi connectivity index (χ0) is 12.3. The standard InChI is InChI=1S/C10H16N6O/c1-12-7-4-8(16-10(11)15-7)13-5-6-2-3-9(17)14-6/h4,6H,2-3,5H2,1H3,(H,14,17)(H4,11,12,13,15,16). The minimum atomic E-state index is 0.106. The Balaban J connectivity index is 1.94. The molecule has 92 valence electrons. The van der Waals surface area contributed by atoms with Gasteiger partial charge >= 0.3 is 0 Å². The van der Waals surface area contributed by atoms with E-state index in [4.69, 9.17) is 5.73 Å². The van der Waals surface area contributed by atoms with Crippen molar-refractivity contribution in [3.8, 4) is 0 Å². The highest BCUT2D eigenvalue weighted by atomic mass is 16.1. The van der Waals surface area contributed by atoms with Gasteiger partial charge in [-0.2, -0.15) is 9.97 Å². The predicted molar refractivity (Wildman–Crippen MR) is 65.6 cm³/mol. The molecule has 2 heterocycles. The molecule has 0 bridgehead atoms. The monoisotopic (exact) mass is 236 g/mol. The van der Waals surface area contributed by atoms with E-state index in [1.54, 1.807) is 13.1 Å². The number of anilines is 3. The largest absolute Gasteiger partial charge is 0.373 e. The predicted octanol–water partition coefficient (Wildman–Crippen LogP) is -0.209. The fourth-order valence-corrected chi connectivity index (χ4v) is 1.74. The summed E-state index contributed by atoms with van der Waals surface area (Å²) in [4.78, 5) is 19.1. The third-order valence-electron chi connectivity index (χ3n) is 2.61. The molecule has 1 atom stereocenters. The van der Waals surface area contributed by atoms with Gasteiger partial charge in [0.1, 0.15) is 11.6 Å². The van der Waals surface area contributed by atoms with Gasteiger partial charge in [-0.3, -0.25) is 4.79 Å². The van der Waals surface area contributed by atoms with Gasteiger partial charge < -0.3 is 21.7 Å². The van der Waals surface area contributed by atoms with Crippen molar-refractivity contribution in [3.63, 3.8) is 0 Å². The van der Waals surface area contributed by atoms with Crippen molar-refractivity contribution in [1.82, 2.24) is 15.3 Å². The third-order valence-corrected chi connectivity index (χ3v) is 2.61. The van der Waals surface area contributed by atoms with Gasteiger partial charge in [-0.05, 0) is 6.42 Å². The highest BCUT2D eigenvalue weighted by molar-refractivity contribution is 5.78. The maximum Gasteiger partial charge on any atom is 0.223 e. The number of nitrogens with zero attached hydrogens (tertiary/aromatic N) is 2. The van der Waals surface area contributed by atoms with Gasteiger partial charge in [0.15, 0.2) is 0 Å². The fraction of sp³-hybridized carbons (Fsp3) is 0.500. The van der Waals surface area contributed by atoms with Crippen LogP contribution in [0, 0.1) is 0 Å². The number of carbonyl (C=O) groups excluding carboxylic acids is 1. The molecule has 1 aromatic heterocycles. The summed E-state index contributed by atoms with van der Waals surface area (Å²) < 4.78 is 0. The summed E-state index contributed by atoms with van der Waals surface area (Å²) >= 11 is 0. The lowest BCUT2D eigenvalue weighted by molar-refractivity contribution is -0.119. The Bertz CT molecular complexity index is 421. The van der Waals surface area contributed by atoms with E-state index >= 15 is 0 Å². The summed E-state index contributed by atoms with van der Waals surface area (Å²) in [5, 5.41) is 8.91. The van der Waals surface area contributed by atoms with Crippen LogP contribution in [-0.2, 0) is 4.79 Å². The molecule has 0 aliphatic carbocycles. The van der Waals surface area contributed by atoms with Crippen LogP contribution >= 0.6 is 0 Å². The fourth-order valence-electron chi connectivity index (χ4n) is 1.74.